The SMILES string of the molecule is COc1ccc(Cn2c(-c3cccs3)nc3oc4cc(OC)ccc4c(=O)c3c2=O)cc1. The Hall–Kier alpha value is -3.91. The second kappa shape index (κ2) is 7.97. The first kappa shape index (κ1) is 20.0. The van der Waals surface area contributed by atoms with Crippen LogP contribution < -0.4 is 20.5 Å². The Labute approximate surface area is 186 Å². The molecule has 32 heavy (non-hydrogen) atoms. The number of methoxy groups -OCH3 is 2. The van der Waals surface area contributed by atoms with Gasteiger partial charge in [-0.1, -0.05) is 18.2 Å². The van der Waals surface area contributed by atoms with Gasteiger partial charge in [-0.2, -0.15) is 4.98 Å². The van der Waals surface area contributed by atoms with Crippen molar-refractivity contribution in [1.82, 2.24) is 9.55 Å². The predicted molar refractivity (Wildman–Crippen MR) is 124 cm³/mol. The van der Waals surface area contributed by atoms with Gasteiger partial charge in [0.25, 0.3) is 5.56 Å². The van der Waals surface area contributed by atoms with Gasteiger partial charge in [0, 0.05) is 6.07 Å². The van der Waals surface area contributed by atoms with Crippen LogP contribution in [0.1, 0.15) is 5.56 Å². The summed E-state index contributed by atoms with van der Waals surface area (Å²) in [6.07, 6.45) is 0. The molecule has 0 spiro atoms. The second-order valence-corrected chi connectivity index (χ2v) is 8.07. The number of aromatic nitrogens is 2. The molecule has 0 aliphatic heterocycles. The minimum absolute atomic E-state index is 0.00938. The monoisotopic (exact) mass is 446 g/mol. The normalized spacial score (nSPS) is 11.2. The molecule has 3 aromatic heterocycles. The Morgan fingerprint density at radius 3 is 2.44 bits per heavy atom. The highest BCUT2D eigenvalue weighted by atomic mass is 32.1. The standard InChI is InChI=1S/C24H18N2O5S/c1-29-15-7-5-14(6-8-15)13-26-22(19-4-3-11-32-19)25-23-20(24(26)28)21(27)17-10-9-16(30-2)12-18(17)31-23/h3-12H,13H2,1-2H3. The van der Waals surface area contributed by atoms with E-state index in [0.29, 0.717) is 22.5 Å². The molecule has 5 rings (SSSR count). The van der Waals surface area contributed by atoms with Crippen molar-refractivity contribution in [1.29, 1.82) is 0 Å². The van der Waals surface area contributed by atoms with Gasteiger partial charge >= 0.3 is 0 Å². The largest absolute Gasteiger partial charge is 0.497 e. The third-order valence-corrected chi connectivity index (χ3v) is 6.11. The molecule has 5 aromatic rings. The molecule has 2 aromatic carbocycles. The number of benzene rings is 2. The Balaban J connectivity index is 1.79. The summed E-state index contributed by atoms with van der Waals surface area (Å²) in [6.45, 7) is 0.249. The van der Waals surface area contributed by atoms with Gasteiger partial charge in [0.1, 0.15) is 17.1 Å². The number of rotatable bonds is 5. The van der Waals surface area contributed by atoms with Crippen LogP contribution in [0.5, 0.6) is 11.5 Å². The zero-order chi connectivity index (χ0) is 22.2. The number of nitrogens with zero attached hydrogens (tertiary/aromatic N) is 2. The molecule has 0 bridgehead atoms. The molecule has 0 aliphatic carbocycles. The molecule has 160 valence electrons. The molecule has 0 radical (unpaired) electrons. The molecule has 0 atom stereocenters. The molecule has 8 heteroatoms. The fraction of sp³-hybridized carbons (Fsp3) is 0.125. The molecule has 3 heterocycles. The molecule has 0 aliphatic rings. The topological polar surface area (TPSA) is 83.6 Å². The number of thiophene rings is 1. The first-order valence-corrected chi connectivity index (χ1v) is 10.7. The summed E-state index contributed by atoms with van der Waals surface area (Å²) in [5.74, 6) is 1.71. The van der Waals surface area contributed by atoms with Gasteiger partial charge in [0.15, 0.2) is 11.2 Å². The summed E-state index contributed by atoms with van der Waals surface area (Å²) < 4.78 is 17.9. The zero-order valence-electron chi connectivity index (χ0n) is 17.3. The number of ether oxygens (including phenoxy) is 2. The maximum Gasteiger partial charge on any atom is 0.269 e. The van der Waals surface area contributed by atoms with E-state index < -0.39 is 11.0 Å². The number of hydrogen-bond donors (Lipinski definition) is 0. The third kappa shape index (κ3) is 3.34. The second-order valence-electron chi connectivity index (χ2n) is 7.13. The van der Waals surface area contributed by atoms with Crippen LogP contribution in [0.2, 0.25) is 0 Å². The third-order valence-electron chi connectivity index (χ3n) is 5.24. The van der Waals surface area contributed by atoms with Gasteiger partial charge in [0.2, 0.25) is 11.1 Å². The van der Waals surface area contributed by atoms with Gasteiger partial charge < -0.3 is 13.9 Å². The molecule has 0 N–H and O–H groups in total. The van der Waals surface area contributed by atoms with Crippen LogP contribution in [0, 0.1) is 0 Å². The van der Waals surface area contributed by atoms with Crippen LogP contribution in [0.3, 0.4) is 0 Å². The maximum absolute atomic E-state index is 13.6. The summed E-state index contributed by atoms with van der Waals surface area (Å²) >= 11 is 1.46. The van der Waals surface area contributed by atoms with E-state index in [4.69, 9.17) is 13.9 Å². The summed E-state index contributed by atoms with van der Waals surface area (Å²) in [5.41, 5.74) is 0.346. The first-order valence-electron chi connectivity index (χ1n) is 9.81. The van der Waals surface area contributed by atoms with Gasteiger partial charge in [-0.25, -0.2) is 0 Å². The van der Waals surface area contributed by atoms with E-state index >= 15 is 0 Å². The van der Waals surface area contributed by atoms with Crippen molar-refractivity contribution in [2.24, 2.45) is 0 Å². The van der Waals surface area contributed by atoms with Crippen LogP contribution in [0.15, 0.2) is 74.0 Å². The quantitative estimate of drug-likeness (QED) is 0.375. The fourth-order valence-corrected chi connectivity index (χ4v) is 4.32. The van der Waals surface area contributed by atoms with Crippen LogP contribution in [0.4, 0.5) is 0 Å². The molecule has 0 saturated heterocycles. The van der Waals surface area contributed by atoms with Gasteiger partial charge in [0.05, 0.1) is 31.0 Å². The molecule has 0 saturated carbocycles. The lowest BCUT2D eigenvalue weighted by Gasteiger charge is -2.13. The zero-order valence-corrected chi connectivity index (χ0v) is 18.1. The highest BCUT2D eigenvalue weighted by Crippen LogP contribution is 2.26. The Kier molecular flexibility index (Phi) is 4.99. The van der Waals surface area contributed by atoms with Gasteiger partial charge in [-0.15, -0.1) is 11.3 Å². The molecule has 7 nitrogen and oxygen atoms in total. The van der Waals surface area contributed by atoms with E-state index in [1.54, 1.807) is 25.3 Å². The minimum atomic E-state index is -0.444. The fourth-order valence-electron chi connectivity index (χ4n) is 3.60. The van der Waals surface area contributed by atoms with Crippen LogP contribution in [-0.2, 0) is 6.54 Å². The maximum atomic E-state index is 13.6. The summed E-state index contributed by atoms with van der Waals surface area (Å²) in [5, 5.41) is 2.14. The number of hydrogen-bond acceptors (Lipinski definition) is 7. The predicted octanol–water partition coefficient (Wildman–Crippen LogP) is 4.30. The van der Waals surface area contributed by atoms with E-state index in [1.165, 1.54) is 23.0 Å². The average Bonchev–Trinajstić information content (AvgIpc) is 3.35. The van der Waals surface area contributed by atoms with Crippen molar-refractivity contribution in [3.05, 3.63) is 86.1 Å². The van der Waals surface area contributed by atoms with Crippen LogP contribution >= 0.6 is 11.3 Å². The summed E-state index contributed by atoms with van der Waals surface area (Å²) in [6, 6.07) is 16.1. The first-order chi connectivity index (χ1) is 15.6. The van der Waals surface area contributed by atoms with Gasteiger partial charge in [-0.3, -0.25) is 14.2 Å². The van der Waals surface area contributed by atoms with Crippen LogP contribution in [-0.4, -0.2) is 23.8 Å². The molecule has 0 fully saturated rings. The van der Waals surface area contributed by atoms with E-state index in [1.807, 2.05) is 41.8 Å². The molecular weight excluding hydrogens is 428 g/mol. The molecule has 0 unspecified atom stereocenters. The lowest BCUT2D eigenvalue weighted by Crippen LogP contribution is -2.27. The van der Waals surface area contributed by atoms with Crippen molar-refractivity contribution < 1.29 is 13.9 Å². The van der Waals surface area contributed by atoms with Crippen molar-refractivity contribution in [3.63, 3.8) is 0 Å². The van der Waals surface area contributed by atoms with Crippen molar-refractivity contribution in [2.75, 3.05) is 14.2 Å². The molecular formula is C24H18N2O5S. The van der Waals surface area contributed by atoms with E-state index in [0.717, 1.165) is 16.2 Å². The van der Waals surface area contributed by atoms with Crippen molar-refractivity contribution >= 4 is 33.4 Å². The highest BCUT2D eigenvalue weighted by Gasteiger charge is 2.20. The van der Waals surface area contributed by atoms with Crippen molar-refractivity contribution in [3.8, 4) is 22.2 Å². The van der Waals surface area contributed by atoms with E-state index in [-0.39, 0.29) is 17.6 Å². The van der Waals surface area contributed by atoms with Gasteiger partial charge in [-0.05, 0) is 41.3 Å². The Morgan fingerprint density at radius 1 is 1.00 bits per heavy atom. The Bertz CT molecular complexity index is 1550. The smallest absolute Gasteiger partial charge is 0.269 e. The van der Waals surface area contributed by atoms with E-state index in [9.17, 15) is 9.59 Å². The van der Waals surface area contributed by atoms with E-state index in [2.05, 4.69) is 4.98 Å². The molecule has 0 amide bonds. The summed E-state index contributed by atoms with van der Waals surface area (Å²) in [4.78, 5) is 32.2. The lowest BCUT2D eigenvalue weighted by molar-refractivity contribution is 0.414. The average molecular weight is 446 g/mol. The lowest BCUT2D eigenvalue weighted by atomic mass is 10.1. The summed E-state index contributed by atoms with van der Waals surface area (Å²) in [7, 11) is 3.13. The van der Waals surface area contributed by atoms with Crippen LogP contribution in [0.25, 0.3) is 32.8 Å². The number of fused-ring (bicyclic) bond motifs is 2. The minimum Gasteiger partial charge on any atom is -0.497 e. The van der Waals surface area contributed by atoms with Crippen molar-refractivity contribution in [2.45, 2.75) is 6.54 Å². The highest BCUT2D eigenvalue weighted by molar-refractivity contribution is 7.13. The Morgan fingerprint density at radius 2 is 1.75 bits per heavy atom.